The number of aromatic hydroxyl groups is 1. The molecular formula is C65H80Cl2FN9O15. The molecule has 3 aliphatic heterocycles. The number of phenols is 1. The number of nitrogens with one attached hydrogen (secondary N) is 5. The number of benzene rings is 5. The van der Waals surface area contributed by atoms with Crippen molar-refractivity contribution in [3.8, 4) is 16.9 Å². The number of hydrogen-bond donors (Lipinski definition) is 6. The molecule has 0 aliphatic carbocycles. The monoisotopic (exact) mass is 1320 g/mol. The van der Waals surface area contributed by atoms with Crippen LogP contribution < -0.4 is 31.5 Å². The Hall–Kier alpha value is -6.95. The third-order valence-corrected chi connectivity index (χ3v) is 15.6. The molecule has 0 radical (unpaired) electrons. The third-order valence-electron chi connectivity index (χ3n) is 15.1. The van der Waals surface area contributed by atoms with Crippen LogP contribution in [0.2, 0.25) is 10.0 Å². The van der Waals surface area contributed by atoms with Crippen molar-refractivity contribution >= 4 is 86.1 Å². The summed E-state index contributed by atoms with van der Waals surface area (Å²) >= 11 is 13.2. The molecule has 5 amide bonds. The number of rotatable bonds is 40. The zero-order valence-corrected chi connectivity index (χ0v) is 52.9. The minimum absolute atomic E-state index is 0.00547. The van der Waals surface area contributed by atoms with Gasteiger partial charge >= 0.3 is 6.03 Å². The summed E-state index contributed by atoms with van der Waals surface area (Å²) in [6.45, 7) is 12.1. The number of aromatic nitrogens is 2. The Balaban J connectivity index is 0.508. The predicted molar refractivity (Wildman–Crippen MR) is 344 cm³/mol. The summed E-state index contributed by atoms with van der Waals surface area (Å²) in [6.07, 6.45) is 1.04. The minimum Gasteiger partial charge on any atom is -0.508 e. The quantitative estimate of drug-likeness (QED) is 0.0168. The lowest BCUT2D eigenvalue weighted by atomic mass is 9.96. The summed E-state index contributed by atoms with van der Waals surface area (Å²) in [5.74, 6) is -0.789. The van der Waals surface area contributed by atoms with Gasteiger partial charge in [0.15, 0.2) is 5.82 Å². The molecule has 6 aromatic rings. The van der Waals surface area contributed by atoms with Crippen LogP contribution in [0.15, 0.2) is 78.9 Å². The number of urea groups is 1. The van der Waals surface area contributed by atoms with Crippen LogP contribution in [0.5, 0.6) is 5.75 Å². The van der Waals surface area contributed by atoms with Crippen molar-refractivity contribution in [1.29, 1.82) is 0 Å². The summed E-state index contributed by atoms with van der Waals surface area (Å²) in [4.78, 5) is 62.8. The number of carbonyl (C=O) groups excluding carboxylic acids is 4. The van der Waals surface area contributed by atoms with Gasteiger partial charge in [0.1, 0.15) is 23.1 Å². The molecule has 1 unspecified atom stereocenters. The van der Waals surface area contributed by atoms with Gasteiger partial charge in [0.05, 0.1) is 137 Å². The van der Waals surface area contributed by atoms with E-state index >= 15 is 4.39 Å². The number of fused-ring (bicyclic) bond motifs is 3. The second-order valence-corrected chi connectivity index (χ2v) is 22.5. The maximum atomic E-state index is 16.7. The van der Waals surface area contributed by atoms with Gasteiger partial charge in [-0.2, -0.15) is 4.98 Å². The Morgan fingerprint density at radius 3 is 1.87 bits per heavy atom. The smallest absolute Gasteiger partial charge is 0.319 e. The van der Waals surface area contributed by atoms with Crippen LogP contribution in [0.4, 0.5) is 26.6 Å². The standard InChI is InChI=1S/C65H80Cl2FN9O15/c66-48-36-44(37-49(39-48)72-65(82)71-42-45-5-6-52-47(35-45)43-77(63(52)81)56-7-8-57(79)73-62(56)80)9-15-83-17-19-85-21-23-87-25-27-89-29-31-91-33-34-92-32-30-90-28-26-88-24-22-86-20-18-84-16-12-70-64-74-60-54(61(75-64)76-13-10-69-11-14-76)41-55(67)58(59(60)68)53-40-50(78)38-46-3-1-2-4-51(46)53/h1-6,35-41,56,69,78H,7-34,42-43H2,(H,70,74,75)(H2,71,72,82)(H,73,79,80). The fraction of sp³-hybridized carbons (Fsp3) is 0.477. The van der Waals surface area contributed by atoms with E-state index in [1.165, 1.54) is 11.0 Å². The first-order valence-electron chi connectivity index (χ1n) is 31.0. The predicted octanol–water partition coefficient (Wildman–Crippen LogP) is 6.91. The van der Waals surface area contributed by atoms with Crippen molar-refractivity contribution in [2.24, 2.45) is 0 Å². The lowest BCUT2D eigenvalue weighted by Gasteiger charge is -2.29. The number of phenolic OH excluding ortho intramolecular Hbond substituents is 1. The average Bonchev–Trinajstić information content (AvgIpc) is 0.874. The summed E-state index contributed by atoms with van der Waals surface area (Å²) < 4.78 is 72.9. The maximum Gasteiger partial charge on any atom is 0.319 e. The van der Waals surface area contributed by atoms with Crippen molar-refractivity contribution in [1.82, 2.24) is 30.8 Å². The second kappa shape index (κ2) is 37.1. The van der Waals surface area contributed by atoms with Gasteiger partial charge in [-0.3, -0.25) is 19.7 Å². The first kappa shape index (κ1) is 69.4. The number of carbonyl (C=O) groups is 4. The number of piperazine rings is 1. The van der Waals surface area contributed by atoms with Crippen LogP contribution in [0.25, 0.3) is 32.8 Å². The van der Waals surface area contributed by atoms with Crippen LogP contribution in [0.1, 0.15) is 39.9 Å². The SMILES string of the molecule is O=C1CCC(N2Cc3cc(CNC(=O)Nc4cc(Cl)cc(CCOCCOCCOCCOCCOCCOCCOCCOCCOCCOCCNc5nc(N6CCNCC6)c6cc(Cl)c(-c7cc(O)cc8ccccc78)c(F)c6n5)c4)ccc3C2=O)C(=O)N1. The first-order valence-corrected chi connectivity index (χ1v) is 31.7. The van der Waals surface area contributed by atoms with E-state index in [9.17, 15) is 24.3 Å². The number of ether oxygens (including phenoxy) is 10. The number of halogens is 3. The molecule has 3 aliphatic rings. The number of hydrogen-bond acceptors (Lipinski definition) is 20. The fourth-order valence-corrected chi connectivity index (χ4v) is 11.1. The molecule has 27 heteroatoms. The molecule has 4 heterocycles. The van der Waals surface area contributed by atoms with Gasteiger partial charge in [-0.15, -0.1) is 0 Å². The number of imide groups is 1. The summed E-state index contributed by atoms with van der Waals surface area (Å²) in [5.41, 5.74) is 4.22. The fourth-order valence-electron chi connectivity index (χ4n) is 10.6. The van der Waals surface area contributed by atoms with E-state index in [-0.39, 0.29) is 65.5 Å². The van der Waals surface area contributed by atoms with Crippen molar-refractivity contribution in [2.75, 3.05) is 180 Å². The van der Waals surface area contributed by atoms with Crippen molar-refractivity contribution in [3.05, 3.63) is 117 Å². The Bertz CT molecular complexity index is 3410. The van der Waals surface area contributed by atoms with Gasteiger partial charge in [-0.05, 0) is 88.3 Å². The Morgan fingerprint density at radius 2 is 1.25 bits per heavy atom. The molecule has 1 atom stereocenters. The lowest BCUT2D eigenvalue weighted by molar-refractivity contribution is -0.136. The normalized spacial score (nSPS) is 15.0. The third kappa shape index (κ3) is 21.0. The van der Waals surface area contributed by atoms with Crippen LogP contribution in [0, 0.1) is 5.82 Å². The van der Waals surface area contributed by atoms with Gasteiger partial charge < -0.3 is 83.5 Å². The van der Waals surface area contributed by atoms with Gasteiger partial charge in [-0.1, -0.05) is 59.6 Å². The summed E-state index contributed by atoms with van der Waals surface area (Å²) in [6, 6.07) is 21.8. The van der Waals surface area contributed by atoms with E-state index in [0.717, 1.165) is 40.6 Å². The highest BCUT2D eigenvalue weighted by Gasteiger charge is 2.39. The lowest BCUT2D eigenvalue weighted by Crippen LogP contribution is -2.52. The molecule has 0 bridgehead atoms. The molecule has 6 N–H and O–H groups in total. The van der Waals surface area contributed by atoms with E-state index in [1.807, 2.05) is 42.5 Å². The Kier molecular flexibility index (Phi) is 28.0. The van der Waals surface area contributed by atoms with Crippen LogP contribution in [0.3, 0.4) is 0 Å². The number of nitrogens with zero attached hydrogens (tertiary/aromatic N) is 4. The van der Waals surface area contributed by atoms with E-state index in [4.69, 9.17) is 75.6 Å². The number of piperidine rings is 1. The van der Waals surface area contributed by atoms with E-state index in [2.05, 4.69) is 36.5 Å². The molecule has 9 rings (SSSR count). The highest BCUT2D eigenvalue weighted by atomic mass is 35.5. The first-order chi connectivity index (χ1) is 45.0. The van der Waals surface area contributed by atoms with Crippen LogP contribution in [-0.2, 0) is 76.5 Å². The van der Waals surface area contributed by atoms with Crippen molar-refractivity contribution < 1.29 is 76.0 Å². The minimum atomic E-state index is -0.694. The molecule has 24 nitrogen and oxygen atoms in total. The average molecular weight is 1320 g/mol. The Morgan fingerprint density at radius 1 is 0.652 bits per heavy atom. The Labute approximate surface area is 543 Å². The van der Waals surface area contributed by atoms with Gasteiger partial charge in [0.2, 0.25) is 17.8 Å². The van der Waals surface area contributed by atoms with Crippen LogP contribution in [-0.4, -0.2) is 215 Å². The second-order valence-electron chi connectivity index (χ2n) is 21.6. The van der Waals surface area contributed by atoms with Crippen molar-refractivity contribution in [2.45, 2.75) is 38.4 Å². The van der Waals surface area contributed by atoms with Crippen LogP contribution >= 0.6 is 23.2 Å². The molecule has 2 fully saturated rings. The number of amides is 5. The molecule has 0 spiro atoms. The van der Waals surface area contributed by atoms with Gasteiger partial charge in [0.25, 0.3) is 5.91 Å². The maximum absolute atomic E-state index is 16.7. The topological polar surface area (TPSA) is 273 Å². The highest BCUT2D eigenvalue weighted by molar-refractivity contribution is 6.35. The van der Waals surface area contributed by atoms with Gasteiger partial charge in [-0.25, -0.2) is 14.2 Å². The number of anilines is 3. The van der Waals surface area contributed by atoms with E-state index in [0.29, 0.717) is 191 Å². The molecular weight excluding hydrogens is 1240 g/mol. The van der Waals surface area contributed by atoms with E-state index in [1.54, 1.807) is 30.3 Å². The zero-order valence-electron chi connectivity index (χ0n) is 51.4. The molecule has 496 valence electrons. The molecule has 1 aromatic heterocycles. The molecule has 92 heavy (non-hydrogen) atoms. The van der Waals surface area contributed by atoms with E-state index < -0.39 is 23.8 Å². The molecule has 2 saturated heterocycles. The zero-order chi connectivity index (χ0) is 64.3. The summed E-state index contributed by atoms with van der Waals surface area (Å²) in [5, 5.41) is 27.7. The molecule has 5 aromatic carbocycles. The molecule has 0 saturated carbocycles. The van der Waals surface area contributed by atoms with Crippen molar-refractivity contribution in [3.63, 3.8) is 0 Å². The summed E-state index contributed by atoms with van der Waals surface area (Å²) in [7, 11) is 0. The highest BCUT2D eigenvalue weighted by Crippen LogP contribution is 2.42. The largest absolute Gasteiger partial charge is 0.508 e. The van der Waals surface area contributed by atoms with Gasteiger partial charge in [0, 0.05) is 79.5 Å².